The third-order valence-corrected chi connectivity index (χ3v) is 8.19. The summed E-state index contributed by atoms with van der Waals surface area (Å²) in [7, 11) is -2.21. The molecular formula is C24H31N3O5S. The number of hydrogen-bond acceptors (Lipinski definition) is 6. The number of benzene rings is 2. The van der Waals surface area contributed by atoms with Crippen molar-refractivity contribution in [1.82, 2.24) is 4.31 Å². The number of nitrogens with one attached hydrogen (secondary N) is 1. The maximum atomic E-state index is 13.2. The number of sulfonamides is 1. The van der Waals surface area contributed by atoms with Gasteiger partial charge in [-0.05, 0) is 61.2 Å². The Bertz CT molecular complexity index is 1070. The Labute approximate surface area is 195 Å². The molecule has 1 N–H and O–H groups in total. The Morgan fingerprint density at radius 1 is 1.03 bits per heavy atom. The summed E-state index contributed by atoms with van der Waals surface area (Å²) in [4.78, 5) is 15.4. The largest absolute Gasteiger partial charge is 0.496 e. The SMILES string of the molecule is COc1ccc(S(=O)(=O)N2CCC(C)CC2)cc1C(=O)Nc1ccc(N2CCOCC2)cc1. The molecule has 2 aliphatic rings. The summed E-state index contributed by atoms with van der Waals surface area (Å²) >= 11 is 0. The summed E-state index contributed by atoms with van der Waals surface area (Å²) in [6.45, 7) is 6.19. The zero-order chi connectivity index (χ0) is 23.4. The van der Waals surface area contributed by atoms with Crippen LogP contribution in [0.4, 0.5) is 11.4 Å². The highest BCUT2D eigenvalue weighted by molar-refractivity contribution is 7.89. The molecule has 4 rings (SSSR count). The van der Waals surface area contributed by atoms with E-state index in [1.165, 1.54) is 29.6 Å². The predicted octanol–water partition coefficient (Wildman–Crippen LogP) is 3.20. The number of piperidine rings is 1. The van der Waals surface area contributed by atoms with Gasteiger partial charge < -0.3 is 19.7 Å². The van der Waals surface area contributed by atoms with E-state index >= 15 is 0 Å². The maximum Gasteiger partial charge on any atom is 0.259 e. The minimum Gasteiger partial charge on any atom is -0.496 e. The molecule has 2 saturated heterocycles. The second-order valence-corrected chi connectivity index (χ2v) is 10.5. The fourth-order valence-electron chi connectivity index (χ4n) is 4.17. The molecule has 0 atom stereocenters. The topological polar surface area (TPSA) is 88.2 Å². The van der Waals surface area contributed by atoms with Crippen LogP contribution in [0.5, 0.6) is 5.75 Å². The molecule has 2 aliphatic heterocycles. The Balaban J connectivity index is 1.52. The van der Waals surface area contributed by atoms with E-state index in [1.54, 1.807) is 0 Å². The van der Waals surface area contributed by atoms with Crippen LogP contribution in [0.1, 0.15) is 30.1 Å². The highest BCUT2D eigenvalue weighted by Gasteiger charge is 2.29. The first-order chi connectivity index (χ1) is 15.9. The van der Waals surface area contributed by atoms with E-state index in [0.29, 0.717) is 43.7 Å². The lowest BCUT2D eigenvalue weighted by molar-refractivity contribution is 0.102. The molecule has 2 aromatic carbocycles. The summed E-state index contributed by atoms with van der Waals surface area (Å²) in [6.07, 6.45) is 1.67. The van der Waals surface area contributed by atoms with Gasteiger partial charge in [0, 0.05) is 37.6 Å². The van der Waals surface area contributed by atoms with E-state index in [2.05, 4.69) is 17.1 Å². The molecular weight excluding hydrogens is 442 g/mol. The van der Waals surface area contributed by atoms with Crippen molar-refractivity contribution >= 4 is 27.3 Å². The molecule has 2 aromatic rings. The summed E-state index contributed by atoms with van der Waals surface area (Å²) in [5, 5.41) is 2.86. The van der Waals surface area contributed by atoms with Gasteiger partial charge in [-0.2, -0.15) is 4.31 Å². The lowest BCUT2D eigenvalue weighted by Crippen LogP contribution is -2.37. The Morgan fingerprint density at radius 3 is 2.33 bits per heavy atom. The van der Waals surface area contributed by atoms with Crippen LogP contribution in [0.25, 0.3) is 0 Å². The third kappa shape index (κ3) is 5.31. The molecule has 2 fully saturated rings. The van der Waals surface area contributed by atoms with Crippen molar-refractivity contribution in [3.63, 3.8) is 0 Å². The number of ether oxygens (including phenoxy) is 2. The van der Waals surface area contributed by atoms with Crippen LogP contribution in [-0.2, 0) is 14.8 Å². The van der Waals surface area contributed by atoms with E-state index in [1.807, 2.05) is 24.3 Å². The van der Waals surface area contributed by atoms with Crippen molar-refractivity contribution < 1.29 is 22.7 Å². The summed E-state index contributed by atoms with van der Waals surface area (Å²) < 4.78 is 38.5. The number of anilines is 2. The van der Waals surface area contributed by atoms with Crippen molar-refractivity contribution in [2.75, 3.05) is 56.7 Å². The molecule has 0 unspecified atom stereocenters. The second kappa shape index (κ2) is 10.1. The summed E-state index contributed by atoms with van der Waals surface area (Å²) in [6, 6.07) is 12.0. The number of morpholine rings is 1. The van der Waals surface area contributed by atoms with E-state index in [9.17, 15) is 13.2 Å². The predicted molar refractivity (Wildman–Crippen MR) is 128 cm³/mol. The first-order valence-corrected chi connectivity index (χ1v) is 12.7. The van der Waals surface area contributed by atoms with Gasteiger partial charge in [0.15, 0.2) is 0 Å². The van der Waals surface area contributed by atoms with Gasteiger partial charge in [-0.15, -0.1) is 0 Å². The van der Waals surface area contributed by atoms with Crippen LogP contribution >= 0.6 is 0 Å². The zero-order valence-electron chi connectivity index (χ0n) is 19.1. The average molecular weight is 474 g/mol. The average Bonchev–Trinajstić information content (AvgIpc) is 2.85. The van der Waals surface area contributed by atoms with Crippen LogP contribution in [0.15, 0.2) is 47.4 Å². The molecule has 0 bridgehead atoms. The summed E-state index contributed by atoms with van der Waals surface area (Å²) in [5.74, 6) is 0.419. The maximum absolute atomic E-state index is 13.2. The molecule has 1 amide bonds. The molecule has 0 saturated carbocycles. The first-order valence-electron chi connectivity index (χ1n) is 11.3. The van der Waals surface area contributed by atoms with Gasteiger partial charge in [0.2, 0.25) is 10.0 Å². The van der Waals surface area contributed by atoms with Crippen molar-refractivity contribution in [1.29, 1.82) is 0 Å². The number of nitrogens with zero attached hydrogens (tertiary/aromatic N) is 2. The van der Waals surface area contributed by atoms with Crippen LogP contribution in [0.2, 0.25) is 0 Å². The highest BCUT2D eigenvalue weighted by atomic mass is 32.2. The van der Waals surface area contributed by atoms with Crippen LogP contribution in [0.3, 0.4) is 0 Å². The standard InChI is InChI=1S/C24H31N3O5S/c1-18-9-11-27(12-10-18)33(29,30)21-7-8-23(31-2)22(17-21)24(28)25-19-3-5-20(6-4-19)26-13-15-32-16-14-26/h3-8,17-18H,9-16H2,1-2H3,(H,25,28). The first kappa shape index (κ1) is 23.5. The smallest absolute Gasteiger partial charge is 0.259 e. The molecule has 178 valence electrons. The van der Waals surface area contributed by atoms with Crippen LogP contribution in [0, 0.1) is 5.92 Å². The minimum atomic E-state index is -3.68. The number of hydrogen-bond donors (Lipinski definition) is 1. The zero-order valence-corrected chi connectivity index (χ0v) is 19.9. The number of amides is 1. The van der Waals surface area contributed by atoms with Gasteiger partial charge in [-0.25, -0.2) is 8.42 Å². The van der Waals surface area contributed by atoms with Crippen LogP contribution < -0.4 is 15.0 Å². The fraction of sp³-hybridized carbons (Fsp3) is 0.458. The number of methoxy groups -OCH3 is 1. The number of rotatable bonds is 6. The number of carbonyl (C=O) groups excluding carboxylic acids is 1. The second-order valence-electron chi connectivity index (χ2n) is 8.55. The lowest BCUT2D eigenvalue weighted by atomic mass is 10.0. The fourth-order valence-corrected chi connectivity index (χ4v) is 5.67. The molecule has 9 heteroatoms. The van der Waals surface area contributed by atoms with Gasteiger partial charge in [0.25, 0.3) is 5.91 Å². The number of carbonyl (C=O) groups is 1. The van der Waals surface area contributed by atoms with Gasteiger partial charge in [-0.3, -0.25) is 4.79 Å². The Hall–Kier alpha value is -2.62. The molecule has 2 heterocycles. The van der Waals surface area contributed by atoms with E-state index < -0.39 is 15.9 Å². The normalized spacial score (nSPS) is 18.2. The van der Waals surface area contributed by atoms with Crippen molar-refractivity contribution in [2.24, 2.45) is 5.92 Å². The molecule has 0 radical (unpaired) electrons. The highest BCUT2D eigenvalue weighted by Crippen LogP contribution is 2.28. The summed E-state index contributed by atoms with van der Waals surface area (Å²) in [5.41, 5.74) is 1.87. The van der Waals surface area contributed by atoms with Gasteiger partial charge in [0.05, 0.1) is 30.8 Å². The molecule has 0 aromatic heterocycles. The van der Waals surface area contributed by atoms with Gasteiger partial charge in [0.1, 0.15) is 5.75 Å². The monoisotopic (exact) mass is 473 g/mol. The Kier molecular flexibility index (Phi) is 7.21. The van der Waals surface area contributed by atoms with E-state index in [-0.39, 0.29) is 10.5 Å². The molecule has 0 aliphatic carbocycles. The van der Waals surface area contributed by atoms with Gasteiger partial charge >= 0.3 is 0 Å². The van der Waals surface area contributed by atoms with Crippen LogP contribution in [-0.4, -0.2) is 65.1 Å². The minimum absolute atomic E-state index is 0.102. The van der Waals surface area contributed by atoms with Gasteiger partial charge in [-0.1, -0.05) is 6.92 Å². The van der Waals surface area contributed by atoms with Crippen molar-refractivity contribution in [2.45, 2.75) is 24.7 Å². The van der Waals surface area contributed by atoms with Crippen molar-refractivity contribution in [3.8, 4) is 5.75 Å². The van der Waals surface area contributed by atoms with E-state index in [4.69, 9.17) is 9.47 Å². The third-order valence-electron chi connectivity index (χ3n) is 6.30. The Morgan fingerprint density at radius 2 is 1.70 bits per heavy atom. The molecule has 8 nitrogen and oxygen atoms in total. The quantitative estimate of drug-likeness (QED) is 0.693. The molecule has 0 spiro atoms. The van der Waals surface area contributed by atoms with Crippen molar-refractivity contribution in [3.05, 3.63) is 48.0 Å². The van der Waals surface area contributed by atoms with E-state index in [0.717, 1.165) is 31.6 Å². The molecule has 33 heavy (non-hydrogen) atoms. The lowest BCUT2D eigenvalue weighted by Gasteiger charge is -2.29.